The van der Waals surface area contributed by atoms with Gasteiger partial charge in [0.1, 0.15) is 16.8 Å². The van der Waals surface area contributed by atoms with Gasteiger partial charge in [-0.05, 0) is 35.2 Å². The molecule has 0 aliphatic rings. The van der Waals surface area contributed by atoms with E-state index in [-0.39, 0.29) is 5.41 Å². The van der Waals surface area contributed by atoms with Crippen LogP contribution in [0.5, 0.6) is 5.75 Å². The summed E-state index contributed by atoms with van der Waals surface area (Å²) in [6.07, 6.45) is 0. The Bertz CT molecular complexity index is 731. The van der Waals surface area contributed by atoms with Crippen LogP contribution in [-0.2, 0) is 5.41 Å². The summed E-state index contributed by atoms with van der Waals surface area (Å²) in [6.45, 7) is 6.26. The first-order valence-electron chi connectivity index (χ1n) is 6.62. The van der Waals surface area contributed by atoms with Crippen molar-refractivity contribution >= 4 is 22.6 Å². The van der Waals surface area contributed by atoms with Crippen LogP contribution in [0.3, 0.4) is 0 Å². The van der Waals surface area contributed by atoms with Gasteiger partial charge in [-0.1, -0.05) is 50.6 Å². The zero-order valence-corrected chi connectivity index (χ0v) is 13.0. The SMILES string of the molecule is CC(C)(C)c1ccccc1O.Clc1ccc2n[nH]nc2c1. The number of benzene rings is 2. The molecule has 0 amide bonds. The van der Waals surface area contributed by atoms with Crippen molar-refractivity contribution in [2.24, 2.45) is 0 Å². The molecule has 0 aliphatic heterocycles. The molecule has 0 radical (unpaired) electrons. The first-order valence-corrected chi connectivity index (χ1v) is 7.00. The van der Waals surface area contributed by atoms with Crippen LogP contribution in [0.2, 0.25) is 5.02 Å². The van der Waals surface area contributed by atoms with E-state index in [1.807, 2.05) is 24.3 Å². The average Bonchev–Trinajstić information content (AvgIpc) is 2.86. The topological polar surface area (TPSA) is 61.8 Å². The molecule has 3 rings (SSSR count). The highest BCUT2D eigenvalue weighted by Gasteiger charge is 2.16. The first kappa shape index (κ1) is 15.3. The summed E-state index contributed by atoms with van der Waals surface area (Å²) >= 11 is 5.69. The van der Waals surface area contributed by atoms with Crippen molar-refractivity contribution in [3.05, 3.63) is 53.1 Å². The highest BCUT2D eigenvalue weighted by molar-refractivity contribution is 6.31. The number of nitrogens with zero attached hydrogens (tertiary/aromatic N) is 2. The van der Waals surface area contributed by atoms with Crippen LogP contribution in [0.15, 0.2) is 42.5 Å². The van der Waals surface area contributed by atoms with Gasteiger partial charge in [-0.15, -0.1) is 0 Å². The Labute approximate surface area is 128 Å². The molecule has 2 N–H and O–H groups in total. The molecule has 0 atom stereocenters. The fraction of sp³-hybridized carbons (Fsp3) is 0.250. The molecule has 1 heterocycles. The molecular weight excluding hydrogens is 286 g/mol. The van der Waals surface area contributed by atoms with Gasteiger partial charge in [-0.25, -0.2) is 0 Å². The largest absolute Gasteiger partial charge is 0.508 e. The number of aromatic nitrogens is 3. The van der Waals surface area contributed by atoms with Gasteiger partial charge in [0.25, 0.3) is 0 Å². The number of aromatic hydroxyl groups is 1. The van der Waals surface area contributed by atoms with Gasteiger partial charge in [0.2, 0.25) is 0 Å². The Balaban J connectivity index is 0.000000154. The van der Waals surface area contributed by atoms with Crippen molar-refractivity contribution in [3.63, 3.8) is 0 Å². The van der Waals surface area contributed by atoms with Gasteiger partial charge in [0.05, 0.1) is 0 Å². The maximum Gasteiger partial charge on any atom is 0.119 e. The molecule has 5 heteroatoms. The van der Waals surface area contributed by atoms with Gasteiger partial charge >= 0.3 is 0 Å². The summed E-state index contributed by atoms with van der Waals surface area (Å²) in [6, 6.07) is 12.8. The number of hydrogen-bond acceptors (Lipinski definition) is 3. The molecule has 4 nitrogen and oxygen atoms in total. The van der Waals surface area contributed by atoms with Crippen molar-refractivity contribution < 1.29 is 5.11 Å². The summed E-state index contributed by atoms with van der Waals surface area (Å²) in [7, 11) is 0. The second-order valence-corrected chi connectivity index (χ2v) is 6.16. The van der Waals surface area contributed by atoms with E-state index in [0.29, 0.717) is 10.8 Å². The van der Waals surface area contributed by atoms with Crippen LogP contribution < -0.4 is 0 Å². The van der Waals surface area contributed by atoms with Crippen LogP contribution in [0.25, 0.3) is 11.0 Å². The highest BCUT2D eigenvalue weighted by Crippen LogP contribution is 2.29. The zero-order chi connectivity index (χ0) is 15.5. The lowest BCUT2D eigenvalue weighted by atomic mass is 9.86. The van der Waals surface area contributed by atoms with Crippen molar-refractivity contribution in [2.45, 2.75) is 26.2 Å². The van der Waals surface area contributed by atoms with Crippen LogP contribution in [0, 0.1) is 0 Å². The molecule has 110 valence electrons. The lowest BCUT2D eigenvalue weighted by Gasteiger charge is -2.19. The monoisotopic (exact) mass is 303 g/mol. The third kappa shape index (κ3) is 3.95. The number of nitrogens with one attached hydrogen (secondary N) is 1. The number of fused-ring (bicyclic) bond motifs is 1. The number of aromatic amines is 1. The van der Waals surface area contributed by atoms with Gasteiger partial charge in [-0.3, -0.25) is 0 Å². The van der Waals surface area contributed by atoms with Crippen molar-refractivity contribution in [1.82, 2.24) is 15.4 Å². The van der Waals surface area contributed by atoms with Gasteiger partial charge in [-0.2, -0.15) is 15.4 Å². The minimum absolute atomic E-state index is 0.0331. The standard InChI is InChI=1S/C10H14O.C6H4ClN3/c1-10(2,3)8-6-4-5-7-9(8)11;7-4-1-2-5-6(3-4)9-10-8-5/h4-7,11H,1-3H3;1-3H,(H,8,9,10). The Morgan fingerprint density at radius 3 is 2.29 bits per heavy atom. The number of para-hydroxylation sites is 1. The number of rotatable bonds is 0. The quantitative estimate of drug-likeness (QED) is 0.651. The van der Waals surface area contributed by atoms with E-state index in [4.69, 9.17) is 11.6 Å². The molecule has 0 unspecified atom stereocenters. The summed E-state index contributed by atoms with van der Waals surface area (Å²) in [5.74, 6) is 0.389. The Morgan fingerprint density at radius 2 is 1.67 bits per heavy atom. The second kappa shape index (κ2) is 6.14. The predicted molar refractivity (Wildman–Crippen MR) is 85.7 cm³/mol. The van der Waals surface area contributed by atoms with Gasteiger partial charge in [0.15, 0.2) is 0 Å². The van der Waals surface area contributed by atoms with Gasteiger partial charge in [0, 0.05) is 5.02 Å². The maximum atomic E-state index is 9.45. The van der Waals surface area contributed by atoms with Crippen LogP contribution >= 0.6 is 11.6 Å². The lowest BCUT2D eigenvalue weighted by molar-refractivity contribution is 0.447. The van der Waals surface area contributed by atoms with Gasteiger partial charge < -0.3 is 5.11 Å². The predicted octanol–water partition coefficient (Wildman–Crippen LogP) is 4.30. The Hall–Kier alpha value is -2.07. The Kier molecular flexibility index (Phi) is 4.48. The first-order chi connectivity index (χ1) is 9.88. The van der Waals surface area contributed by atoms with Crippen molar-refractivity contribution in [2.75, 3.05) is 0 Å². The van der Waals surface area contributed by atoms with E-state index in [9.17, 15) is 5.11 Å². The lowest BCUT2D eigenvalue weighted by Crippen LogP contribution is -2.10. The third-order valence-electron chi connectivity index (χ3n) is 2.99. The fourth-order valence-corrected chi connectivity index (χ4v) is 2.09. The number of H-pyrrole nitrogens is 1. The van der Waals surface area contributed by atoms with E-state index < -0.39 is 0 Å². The van der Waals surface area contributed by atoms with E-state index in [2.05, 4.69) is 36.2 Å². The van der Waals surface area contributed by atoms with Crippen LogP contribution in [-0.4, -0.2) is 20.5 Å². The number of phenolic OH excluding ortho intramolecular Hbond substituents is 1. The average molecular weight is 304 g/mol. The molecule has 0 spiro atoms. The van der Waals surface area contributed by atoms with Crippen LogP contribution in [0.1, 0.15) is 26.3 Å². The molecule has 1 aromatic heterocycles. The molecule has 2 aromatic carbocycles. The number of halogens is 1. The molecule has 0 aliphatic carbocycles. The summed E-state index contributed by atoms with van der Waals surface area (Å²) in [5.41, 5.74) is 2.67. The van der Waals surface area contributed by atoms with Crippen molar-refractivity contribution in [1.29, 1.82) is 0 Å². The van der Waals surface area contributed by atoms with E-state index in [1.54, 1.807) is 18.2 Å². The summed E-state index contributed by atoms with van der Waals surface area (Å²) in [4.78, 5) is 0. The molecule has 0 saturated heterocycles. The van der Waals surface area contributed by atoms with E-state index >= 15 is 0 Å². The highest BCUT2D eigenvalue weighted by atomic mass is 35.5. The smallest absolute Gasteiger partial charge is 0.119 e. The van der Waals surface area contributed by atoms with Crippen LogP contribution in [0.4, 0.5) is 0 Å². The minimum atomic E-state index is 0.0331. The second-order valence-electron chi connectivity index (χ2n) is 5.72. The third-order valence-corrected chi connectivity index (χ3v) is 3.23. The molecule has 3 aromatic rings. The summed E-state index contributed by atoms with van der Waals surface area (Å²) < 4.78 is 0. The zero-order valence-electron chi connectivity index (χ0n) is 12.3. The minimum Gasteiger partial charge on any atom is -0.508 e. The van der Waals surface area contributed by atoms with E-state index in [0.717, 1.165) is 16.6 Å². The Morgan fingerprint density at radius 1 is 1.00 bits per heavy atom. The molecule has 0 bridgehead atoms. The molecule has 0 saturated carbocycles. The maximum absolute atomic E-state index is 9.45. The summed E-state index contributed by atoms with van der Waals surface area (Å²) in [5, 5.41) is 20.4. The molecular formula is C16H18ClN3O. The normalized spacial score (nSPS) is 11.0. The van der Waals surface area contributed by atoms with E-state index in [1.165, 1.54) is 0 Å². The number of phenols is 1. The van der Waals surface area contributed by atoms with Crippen molar-refractivity contribution in [3.8, 4) is 5.75 Å². The molecule has 21 heavy (non-hydrogen) atoms. The fourth-order valence-electron chi connectivity index (χ4n) is 1.92. The molecule has 0 fully saturated rings. The number of hydrogen-bond donors (Lipinski definition) is 2.